The van der Waals surface area contributed by atoms with Crippen LogP contribution in [0, 0.1) is 0 Å². The van der Waals surface area contributed by atoms with E-state index in [1.165, 1.54) is 12.3 Å². The van der Waals surface area contributed by atoms with Crippen LogP contribution >= 0.6 is 7.82 Å². The normalized spacial score (nSPS) is 26.9. The number of nitrogens with zero attached hydrogens (tertiary/aromatic N) is 2. The van der Waals surface area contributed by atoms with Crippen LogP contribution in [0.15, 0.2) is 17.1 Å². The van der Waals surface area contributed by atoms with Gasteiger partial charge < -0.3 is 25.4 Å². The molecule has 1 saturated heterocycles. The van der Waals surface area contributed by atoms with Crippen molar-refractivity contribution in [3.8, 4) is 0 Å². The number of nitrogens with two attached hydrogens (primary N) is 1. The third-order valence-electron chi connectivity index (χ3n) is 2.77. The number of hydrogen-bond acceptors (Lipinski definition) is 7. The SMILES string of the molecule is Nc1ccn([C@H]2C[C@@H](O)C(COP(=O)(O)O)O2)c(=O)n1. The van der Waals surface area contributed by atoms with Crippen molar-refractivity contribution in [2.75, 3.05) is 12.3 Å². The summed E-state index contributed by atoms with van der Waals surface area (Å²) in [6.07, 6.45) is -1.32. The van der Waals surface area contributed by atoms with Gasteiger partial charge in [0.15, 0.2) is 0 Å². The van der Waals surface area contributed by atoms with Crippen molar-refractivity contribution in [2.45, 2.75) is 24.9 Å². The highest BCUT2D eigenvalue weighted by molar-refractivity contribution is 7.46. The zero-order valence-corrected chi connectivity index (χ0v) is 11.1. The van der Waals surface area contributed by atoms with Gasteiger partial charge in [-0.25, -0.2) is 9.36 Å². The average molecular weight is 307 g/mol. The third-order valence-corrected chi connectivity index (χ3v) is 3.26. The van der Waals surface area contributed by atoms with Crippen LogP contribution in [0.5, 0.6) is 0 Å². The van der Waals surface area contributed by atoms with Gasteiger partial charge in [-0.1, -0.05) is 0 Å². The van der Waals surface area contributed by atoms with Gasteiger partial charge in [-0.2, -0.15) is 4.98 Å². The maximum absolute atomic E-state index is 11.6. The molecule has 0 radical (unpaired) electrons. The number of phosphoric acid groups is 1. The van der Waals surface area contributed by atoms with Crippen LogP contribution in [0.1, 0.15) is 12.6 Å². The van der Waals surface area contributed by atoms with Crippen LogP contribution in [0.2, 0.25) is 0 Å². The van der Waals surface area contributed by atoms with Gasteiger partial charge in [0, 0.05) is 12.6 Å². The molecule has 1 unspecified atom stereocenters. The number of aromatic nitrogens is 2. The lowest BCUT2D eigenvalue weighted by Gasteiger charge is -2.16. The minimum atomic E-state index is -4.64. The molecule has 1 fully saturated rings. The summed E-state index contributed by atoms with van der Waals surface area (Å²) < 4.78 is 21.3. The first-order valence-corrected chi connectivity index (χ1v) is 7.17. The molecule has 1 aliphatic rings. The van der Waals surface area contributed by atoms with Crippen LogP contribution in [-0.4, -0.2) is 43.3 Å². The first kappa shape index (κ1) is 15.1. The van der Waals surface area contributed by atoms with Gasteiger partial charge >= 0.3 is 13.5 Å². The van der Waals surface area contributed by atoms with Crippen LogP contribution in [0.4, 0.5) is 5.82 Å². The van der Waals surface area contributed by atoms with E-state index in [2.05, 4.69) is 9.51 Å². The van der Waals surface area contributed by atoms with E-state index >= 15 is 0 Å². The van der Waals surface area contributed by atoms with Crippen molar-refractivity contribution in [3.63, 3.8) is 0 Å². The fourth-order valence-corrected chi connectivity index (χ4v) is 2.19. The van der Waals surface area contributed by atoms with E-state index in [1.54, 1.807) is 0 Å². The maximum atomic E-state index is 11.6. The summed E-state index contributed by atoms with van der Waals surface area (Å²) in [5.74, 6) is 0.0613. The predicted molar refractivity (Wildman–Crippen MR) is 65.4 cm³/mol. The number of ether oxygens (including phenoxy) is 1. The second-order valence-corrected chi connectivity index (χ2v) is 5.50. The number of aliphatic hydroxyl groups is 1. The topological polar surface area (TPSA) is 157 Å². The number of rotatable bonds is 4. The minimum absolute atomic E-state index is 0.0613. The average Bonchev–Trinajstić information content (AvgIpc) is 2.67. The van der Waals surface area contributed by atoms with Gasteiger partial charge in [-0.3, -0.25) is 9.09 Å². The van der Waals surface area contributed by atoms with Gasteiger partial charge in [0.2, 0.25) is 0 Å². The maximum Gasteiger partial charge on any atom is 0.469 e. The third kappa shape index (κ3) is 3.63. The van der Waals surface area contributed by atoms with Crippen molar-refractivity contribution in [1.82, 2.24) is 9.55 Å². The summed E-state index contributed by atoms with van der Waals surface area (Å²) in [6.45, 7) is -0.487. The standard InChI is InChI=1S/C9H14N3O7P/c10-7-1-2-12(9(14)11-7)8-3-5(13)6(19-8)4-18-20(15,16)17/h1-2,5-6,8,13H,3-4H2,(H2,10,11,14)(H2,15,16,17)/t5-,6?,8-/m1/s1. The first-order chi connectivity index (χ1) is 9.26. The molecule has 5 N–H and O–H groups in total. The monoisotopic (exact) mass is 307 g/mol. The van der Waals surface area contributed by atoms with E-state index in [9.17, 15) is 14.5 Å². The quantitative estimate of drug-likeness (QED) is 0.490. The van der Waals surface area contributed by atoms with E-state index in [0.717, 1.165) is 4.57 Å². The van der Waals surface area contributed by atoms with Crippen molar-refractivity contribution >= 4 is 13.6 Å². The Morgan fingerprint density at radius 3 is 2.90 bits per heavy atom. The molecule has 3 atom stereocenters. The van der Waals surface area contributed by atoms with Crippen LogP contribution in [0.25, 0.3) is 0 Å². The van der Waals surface area contributed by atoms with Gasteiger partial charge in [-0.15, -0.1) is 0 Å². The summed E-state index contributed by atoms with van der Waals surface area (Å²) >= 11 is 0. The summed E-state index contributed by atoms with van der Waals surface area (Å²) in [4.78, 5) is 32.3. The second kappa shape index (κ2) is 5.60. The summed E-state index contributed by atoms with van der Waals surface area (Å²) in [5, 5.41) is 9.74. The molecule has 2 heterocycles. The fourth-order valence-electron chi connectivity index (χ4n) is 1.85. The van der Waals surface area contributed by atoms with E-state index in [1.807, 2.05) is 0 Å². The Kier molecular flexibility index (Phi) is 4.23. The molecule has 1 aliphatic heterocycles. The Morgan fingerprint density at radius 2 is 2.30 bits per heavy atom. The Balaban J connectivity index is 2.06. The Labute approximate surface area is 113 Å². The molecular formula is C9H14N3O7P. The molecule has 10 nitrogen and oxygen atoms in total. The lowest BCUT2D eigenvalue weighted by Crippen LogP contribution is -2.28. The smallest absolute Gasteiger partial charge is 0.390 e. The molecule has 0 aliphatic carbocycles. The number of aliphatic hydroxyl groups excluding tert-OH is 1. The van der Waals surface area contributed by atoms with E-state index < -0.39 is 38.6 Å². The minimum Gasteiger partial charge on any atom is -0.390 e. The second-order valence-electron chi connectivity index (χ2n) is 4.26. The molecule has 0 spiro atoms. The van der Waals surface area contributed by atoms with Crippen molar-refractivity contribution in [1.29, 1.82) is 0 Å². The Morgan fingerprint density at radius 1 is 1.60 bits per heavy atom. The molecule has 0 bridgehead atoms. The number of hydrogen-bond donors (Lipinski definition) is 4. The molecule has 1 aromatic rings. The van der Waals surface area contributed by atoms with E-state index in [0.29, 0.717) is 0 Å². The van der Waals surface area contributed by atoms with E-state index in [-0.39, 0.29) is 12.2 Å². The molecule has 112 valence electrons. The number of anilines is 1. The van der Waals surface area contributed by atoms with Gasteiger partial charge in [0.1, 0.15) is 18.1 Å². The molecule has 0 aromatic carbocycles. The largest absolute Gasteiger partial charge is 0.469 e. The summed E-state index contributed by atoms with van der Waals surface area (Å²) in [5.41, 5.74) is 4.72. The summed E-state index contributed by atoms with van der Waals surface area (Å²) in [6, 6.07) is 1.40. The Hall–Kier alpha value is -1.29. The van der Waals surface area contributed by atoms with Gasteiger partial charge in [0.25, 0.3) is 0 Å². The van der Waals surface area contributed by atoms with Crippen molar-refractivity contribution < 1.29 is 28.7 Å². The Bertz CT molecular complexity index is 585. The molecule has 0 amide bonds. The van der Waals surface area contributed by atoms with Crippen molar-refractivity contribution in [3.05, 3.63) is 22.7 Å². The highest BCUT2D eigenvalue weighted by Gasteiger charge is 2.36. The fraction of sp³-hybridized carbons (Fsp3) is 0.556. The van der Waals surface area contributed by atoms with Gasteiger partial charge in [-0.05, 0) is 6.07 Å². The lowest BCUT2D eigenvalue weighted by atomic mass is 10.2. The predicted octanol–water partition coefficient (Wildman–Crippen LogP) is -1.42. The first-order valence-electron chi connectivity index (χ1n) is 5.64. The van der Waals surface area contributed by atoms with Crippen LogP contribution in [0.3, 0.4) is 0 Å². The number of nitrogen functional groups attached to an aromatic ring is 1. The van der Waals surface area contributed by atoms with Crippen molar-refractivity contribution in [2.24, 2.45) is 0 Å². The molecular weight excluding hydrogens is 293 g/mol. The zero-order chi connectivity index (χ0) is 14.9. The molecule has 2 rings (SSSR count). The molecule has 20 heavy (non-hydrogen) atoms. The van der Waals surface area contributed by atoms with Crippen LogP contribution in [-0.2, 0) is 13.8 Å². The van der Waals surface area contributed by atoms with E-state index in [4.69, 9.17) is 20.3 Å². The zero-order valence-electron chi connectivity index (χ0n) is 10.2. The summed E-state index contributed by atoms with van der Waals surface area (Å²) in [7, 11) is -4.64. The van der Waals surface area contributed by atoms with Gasteiger partial charge in [0.05, 0.1) is 12.7 Å². The molecule has 11 heteroatoms. The number of phosphoric ester groups is 1. The molecule has 0 saturated carbocycles. The highest BCUT2D eigenvalue weighted by atomic mass is 31.2. The molecule has 1 aromatic heterocycles. The lowest BCUT2D eigenvalue weighted by molar-refractivity contribution is -0.0450. The highest BCUT2D eigenvalue weighted by Crippen LogP contribution is 2.38. The van der Waals surface area contributed by atoms with Crippen LogP contribution < -0.4 is 11.4 Å².